The van der Waals surface area contributed by atoms with Crippen LogP contribution in [-0.4, -0.2) is 18.2 Å². The number of carboxylic acid groups (broad SMARTS) is 1. The molecule has 92 valence electrons. The van der Waals surface area contributed by atoms with Gasteiger partial charge in [-0.15, -0.1) is 0 Å². The molecule has 0 aromatic heterocycles. The lowest BCUT2D eigenvalue weighted by Crippen LogP contribution is -1.95. The minimum atomic E-state index is -0.930. The maximum atomic E-state index is 10.9. The van der Waals surface area contributed by atoms with E-state index in [1.54, 1.807) is 25.3 Å². The van der Waals surface area contributed by atoms with Crippen LogP contribution in [0.25, 0.3) is 11.1 Å². The molecule has 2 aromatic rings. The van der Waals surface area contributed by atoms with Gasteiger partial charge in [0.1, 0.15) is 5.75 Å². The number of aromatic carboxylic acids is 1. The third-order valence-corrected chi connectivity index (χ3v) is 3.25. The Balaban J connectivity index is 2.48. The van der Waals surface area contributed by atoms with Gasteiger partial charge in [-0.05, 0) is 51.3 Å². The first-order valence-electron chi connectivity index (χ1n) is 5.29. The largest absolute Gasteiger partial charge is 0.496 e. The van der Waals surface area contributed by atoms with Crippen LogP contribution in [0.15, 0.2) is 46.9 Å². The van der Waals surface area contributed by atoms with Gasteiger partial charge in [0.2, 0.25) is 0 Å². The van der Waals surface area contributed by atoms with Crippen molar-refractivity contribution < 1.29 is 14.6 Å². The Bertz CT molecular complexity index is 593. The molecule has 1 N–H and O–H groups in total. The molecule has 0 bridgehead atoms. The second-order valence-electron chi connectivity index (χ2n) is 3.74. The summed E-state index contributed by atoms with van der Waals surface area (Å²) in [4.78, 5) is 10.9. The molecule has 4 heteroatoms. The molecule has 2 aromatic carbocycles. The number of hydrogen-bond acceptors (Lipinski definition) is 2. The normalized spacial score (nSPS) is 10.1. The number of methoxy groups -OCH3 is 1. The van der Waals surface area contributed by atoms with Gasteiger partial charge in [0.15, 0.2) is 0 Å². The van der Waals surface area contributed by atoms with Crippen LogP contribution in [0.4, 0.5) is 0 Å². The van der Waals surface area contributed by atoms with Crippen molar-refractivity contribution in [2.45, 2.75) is 0 Å². The minimum Gasteiger partial charge on any atom is -0.496 e. The molecule has 0 saturated heterocycles. The Kier molecular flexibility index (Phi) is 3.67. The highest BCUT2D eigenvalue weighted by atomic mass is 79.9. The number of halogens is 1. The summed E-state index contributed by atoms with van der Waals surface area (Å²) in [5, 5.41) is 8.97. The van der Waals surface area contributed by atoms with E-state index in [0.29, 0.717) is 5.75 Å². The Morgan fingerprint density at radius 2 is 1.89 bits per heavy atom. The smallest absolute Gasteiger partial charge is 0.335 e. The molecule has 0 fully saturated rings. The van der Waals surface area contributed by atoms with E-state index in [-0.39, 0.29) is 5.56 Å². The van der Waals surface area contributed by atoms with Crippen molar-refractivity contribution in [3.8, 4) is 16.9 Å². The second kappa shape index (κ2) is 5.23. The molecule has 0 aliphatic carbocycles. The number of carbonyl (C=O) groups is 1. The average Bonchev–Trinajstić information content (AvgIpc) is 2.39. The summed E-state index contributed by atoms with van der Waals surface area (Å²) < 4.78 is 6.09. The maximum Gasteiger partial charge on any atom is 0.335 e. The number of hydrogen-bond donors (Lipinski definition) is 1. The van der Waals surface area contributed by atoms with Crippen LogP contribution in [-0.2, 0) is 0 Å². The molecule has 0 aliphatic rings. The molecular weight excluding hydrogens is 296 g/mol. The predicted molar refractivity (Wildman–Crippen MR) is 73.1 cm³/mol. The highest BCUT2D eigenvalue weighted by Gasteiger charge is 2.07. The SMILES string of the molecule is COc1cc(-c2cccc(C(=O)O)c2)ccc1Br. The molecule has 0 radical (unpaired) electrons. The van der Waals surface area contributed by atoms with Crippen molar-refractivity contribution in [3.63, 3.8) is 0 Å². The lowest BCUT2D eigenvalue weighted by molar-refractivity contribution is 0.0697. The predicted octanol–water partition coefficient (Wildman–Crippen LogP) is 3.82. The fourth-order valence-corrected chi connectivity index (χ4v) is 2.08. The van der Waals surface area contributed by atoms with Gasteiger partial charge in [-0.25, -0.2) is 4.79 Å². The molecule has 0 spiro atoms. The molecule has 3 nitrogen and oxygen atoms in total. The van der Waals surface area contributed by atoms with E-state index in [0.717, 1.165) is 15.6 Å². The van der Waals surface area contributed by atoms with E-state index in [1.807, 2.05) is 24.3 Å². The van der Waals surface area contributed by atoms with E-state index in [4.69, 9.17) is 9.84 Å². The summed E-state index contributed by atoms with van der Waals surface area (Å²) in [6.07, 6.45) is 0. The van der Waals surface area contributed by atoms with Gasteiger partial charge in [0, 0.05) is 0 Å². The molecular formula is C14H11BrO3. The van der Waals surface area contributed by atoms with Crippen molar-refractivity contribution in [2.75, 3.05) is 7.11 Å². The number of rotatable bonds is 3. The molecule has 18 heavy (non-hydrogen) atoms. The van der Waals surface area contributed by atoms with E-state index in [1.165, 1.54) is 0 Å². The van der Waals surface area contributed by atoms with E-state index in [2.05, 4.69) is 15.9 Å². The van der Waals surface area contributed by atoms with Gasteiger partial charge in [0.05, 0.1) is 17.1 Å². The van der Waals surface area contributed by atoms with Gasteiger partial charge < -0.3 is 9.84 Å². The van der Waals surface area contributed by atoms with Gasteiger partial charge in [-0.3, -0.25) is 0 Å². The summed E-state index contributed by atoms with van der Waals surface area (Å²) in [6.45, 7) is 0. The zero-order valence-corrected chi connectivity index (χ0v) is 11.3. The van der Waals surface area contributed by atoms with Crippen molar-refractivity contribution >= 4 is 21.9 Å². The number of ether oxygens (including phenoxy) is 1. The summed E-state index contributed by atoms with van der Waals surface area (Å²) in [6, 6.07) is 12.5. The lowest BCUT2D eigenvalue weighted by atomic mass is 10.0. The fraction of sp³-hybridized carbons (Fsp3) is 0.0714. The first kappa shape index (κ1) is 12.6. The molecule has 0 amide bonds. The van der Waals surface area contributed by atoms with Crippen LogP contribution in [0, 0.1) is 0 Å². The third kappa shape index (κ3) is 2.54. The Hall–Kier alpha value is -1.81. The van der Waals surface area contributed by atoms with Crippen LogP contribution >= 0.6 is 15.9 Å². The molecule has 2 rings (SSSR count). The summed E-state index contributed by atoms with van der Waals surface area (Å²) in [7, 11) is 1.59. The van der Waals surface area contributed by atoms with Crippen LogP contribution in [0.1, 0.15) is 10.4 Å². The van der Waals surface area contributed by atoms with Crippen molar-refractivity contribution in [2.24, 2.45) is 0 Å². The standard InChI is InChI=1S/C14H11BrO3/c1-18-13-8-10(5-6-12(13)15)9-3-2-4-11(7-9)14(16)17/h2-8H,1H3,(H,16,17). The first-order chi connectivity index (χ1) is 8.61. The summed E-state index contributed by atoms with van der Waals surface area (Å²) in [5.74, 6) is -0.214. The number of carboxylic acids is 1. The Labute approximate surface area is 113 Å². The van der Waals surface area contributed by atoms with E-state index >= 15 is 0 Å². The third-order valence-electron chi connectivity index (χ3n) is 2.59. The molecule has 0 heterocycles. The highest BCUT2D eigenvalue weighted by Crippen LogP contribution is 2.30. The second-order valence-corrected chi connectivity index (χ2v) is 4.59. The van der Waals surface area contributed by atoms with Gasteiger partial charge in [0.25, 0.3) is 0 Å². The summed E-state index contributed by atoms with van der Waals surface area (Å²) >= 11 is 3.38. The fourth-order valence-electron chi connectivity index (χ4n) is 1.67. The Morgan fingerprint density at radius 3 is 2.56 bits per heavy atom. The van der Waals surface area contributed by atoms with Crippen LogP contribution < -0.4 is 4.74 Å². The molecule has 0 saturated carbocycles. The monoisotopic (exact) mass is 306 g/mol. The summed E-state index contributed by atoms with van der Waals surface area (Å²) in [5.41, 5.74) is 2.04. The van der Waals surface area contributed by atoms with Gasteiger partial charge in [-0.2, -0.15) is 0 Å². The van der Waals surface area contributed by atoms with Crippen LogP contribution in [0.2, 0.25) is 0 Å². The van der Waals surface area contributed by atoms with E-state index in [9.17, 15) is 4.79 Å². The minimum absolute atomic E-state index is 0.273. The zero-order valence-electron chi connectivity index (χ0n) is 9.68. The Morgan fingerprint density at radius 1 is 1.17 bits per heavy atom. The van der Waals surface area contributed by atoms with Crippen molar-refractivity contribution in [1.82, 2.24) is 0 Å². The molecule has 0 unspecified atom stereocenters. The molecule has 0 atom stereocenters. The highest BCUT2D eigenvalue weighted by molar-refractivity contribution is 9.10. The quantitative estimate of drug-likeness (QED) is 0.937. The first-order valence-corrected chi connectivity index (χ1v) is 6.08. The zero-order chi connectivity index (χ0) is 13.1. The van der Waals surface area contributed by atoms with Crippen LogP contribution in [0.3, 0.4) is 0 Å². The van der Waals surface area contributed by atoms with Crippen molar-refractivity contribution in [3.05, 3.63) is 52.5 Å². The topological polar surface area (TPSA) is 46.5 Å². The number of benzene rings is 2. The average molecular weight is 307 g/mol. The molecule has 0 aliphatic heterocycles. The van der Waals surface area contributed by atoms with Gasteiger partial charge >= 0.3 is 5.97 Å². The lowest BCUT2D eigenvalue weighted by Gasteiger charge is -2.07. The van der Waals surface area contributed by atoms with E-state index < -0.39 is 5.97 Å². The van der Waals surface area contributed by atoms with Gasteiger partial charge in [-0.1, -0.05) is 18.2 Å². The van der Waals surface area contributed by atoms with Crippen LogP contribution in [0.5, 0.6) is 5.75 Å². The maximum absolute atomic E-state index is 10.9. The van der Waals surface area contributed by atoms with Crippen molar-refractivity contribution in [1.29, 1.82) is 0 Å².